The highest BCUT2D eigenvalue weighted by Gasteiger charge is 2.04. The zero-order valence-electron chi connectivity index (χ0n) is 8.57. The molecule has 0 atom stereocenters. The van der Waals surface area contributed by atoms with Crippen LogP contribution in [0.2, 0.25) is 0 Å². The van der Waals surface area contributed by atoms with Crippen molar-refractivity contribution in [2.75, 3.05) is 13.2 Å². The summed E-state index contributed by atoms with van der Waals surface area (Å²) in [7, 11) is 0. The van der Waals surface area contributed by atoms with E-state index in [-0.39, 0.29) is 12.4 Å². The van der Waals surface area contributed by atoms with E-state index in [1.807, 2.05) is 31.2 Å². The van der Waals surface area contributed by atoms with Gasteiger partial charge < -0.3 is 4.74 Å². The third kappa shape index (κ3) is 4.40. The van der Waals surface area contributed by atoms with Gasteiger partial charge in [0.1, 0.15) is 6.61 Å². The lowest BCUT2D eigenvalue weighted by molar-refractivity contribution is 0.0806. The third-order valence-corrected chi connectivity index (χ3v) is 2.38. The van der Waals surface area contributed by atoms with E-state index in [0.717, 1.165) is 4.47 Å². The summed E-state index contributed by atoms with van der Waals surface area (Å²) in [6.07, 6.45) is 3.76. The number of hydrogen-bond acceptors (Lipinski definition) is 2. The van der Waals surface area contributed by atoms with Crippen LogP contribution in [0.4, 0.5) is 0 Å². The molecular formula is C12H13BrO2. The van der Waals surface area contributed by atoms with Crippen molar-refractivity contribution in [1.29, 1.82) is 0 Å². The second-order valence-electron chi connectivity index (χ2n) is 3.01. The van der Waals surface area contributed by atoms with Crippen molar-refractivity contribution in [3.05, 3.63) is 46.5 Å². The third-order valence-electron chi connectivity index (χ3n) is 1.85. The first-order valence-electron chi connectivity index (χ1n) is 4.71. The van der Waals surface area contributed by atoms with Crippen molar-refractivity contribution in [3.8, 4) is 0 Å². The van der Waals surface area contributed by atoms with Crippen LogP contribution in [-0.2, 0) is 4.74 Å². The second-order valence-corrected chi connectivity index (χ2v) is 3.93. The van der Waals surface area contributed by atoms with Crippen molar-refractivity contribution in [2.24, 2.45) is 0 Å². The highest BCUT2D eigenvalue weighted by Crippen LogP contribution is 2.10. The zero-order valence-corrected chi connectivity index (χ0v) is 10.2. The molecule has 1 aromatic carbocycles. The Morgan fingerprint density at radius 3 is 2.67 bits per heavy atom. The van der Waals surface area contributed by atoms with Crippen molar-refractivity contribution >= 4 is 21.7 Å². The fraction of sp³-hybridized carbons (Fsp3) is 0.250. The maximum absolute atomic E-state index is 11.6. The fourth-order valence-electron chi connectivity index (χ4n) is 1.04. The number of benzene rings is 1. The average Bonchev–Trinajstić information content (AvgIpc) is 2.25. The van der Waals surface area contributed by atoms with Crippen LogP contribution in [0.3, 0.4) is 0 Å². The maximum atomic E-state index is 11.6. The normalized spacial score (nSPS) is 10.8. The molecule has 0 bridgehead atoms. The van der Waals surface area contributed by atoms with E-state index in [0.29, 0.717) is 12.2 Å². The first-order chi connectivity index (χ1) is 7.24. The van der Waals surface area contributed by atoms with Gasteiger partial charge in [-0.25, -0.2) is 0 Å². The molecule has 0 amide bonds. The minimum atomic E-state index is 0.00648. The van der Waals surface area contributed by atoms with Crippen LogP contribution < -0.4 is 0 Å². The van der Waals surface area contributed by atoms with E-state index < -0.39 is 0 Å². The van der Waals surface area contributed by atoms with E-state index in [1.165, 1.54) is 0 Å². The molecule has 0 saturated carbocycles. The topological polar surface area (TPSA) is 26.3 Å². The van der Waals surface area contributed by atoms with E-state index in [9.17, 15) is 4.79 Å². The van der Waals surface area contributed by atoms with Crippen LogP contribution in [0.15, 0.2) is 40.9 Å². The molecule has 0 radical (unpaired) electrons. The lowest BCUT2D eigenvalue weighted by Crippen LogP contribution is -2.08. The zero-order chi connectivity index (χ0) is 11.1. The number of Topliss-reactive ketones (excluding diaryl/α,β-unsaturated/α-hetero) is 1. The maximum Gasteiger partial charge on any atom is 0.188 e. The summed E-state index contributed by atoms with van der Waals surface area (Å²) >= 11 is 3.32. The van der Waals surface area contributed by atoms with Gasteiger partial charge in [-0.05, 0) is 19.1 Å². The smallest absolute Gasteiger partial charge is 0.188 e. The van der Waals surface area contributed by atoms with Gasteiger partial charge in [0.2, 0.25) is 0 Å². The van der Waals surface area contributed by atoms with E-state index in [1.54, 1.807) is 12.1 Å². The van der Waals surface area contributed by atoms with Gasteiger partial charge in [0, 0.05) is 10.0 Å². The quantitative estimate of drug-likeness (QED) is 0.466. The van der Waals surface area contributed by atoms with Crippen LogP contribution in [0.1, 0.15) is 17.3 Å². The largest absolute Gasteiger partial charge is 0.369 e. The first kappa shape index (κ1) is 12.1. The van der Waals surface area contributed by atoms with Gasteiger partial charge in [0.15, 0.2) is 5.78 Å². The number of allylic oxidation sites excluding steroid dienone is 1. The Kier molecular flexibility index (Phi) is 5.29. The number of hydrogen-bond donors (Lipinski definition) is 0. The molecule has 0 unspecified atom stereocenters. The van der Waals surface area contributed by atoms with E-state index >= 15 is 0 Å². The molecule has 0 heterocycles. The minimum absolute atomic E-state index is 0.00648. The Labute approximate surface area is 98.1 Å². The Morgan fingerprint density at radius 1 is 1.40 bits per heavy atom. The number of rotatable bonds is 5. The van der Waals surface area contributed by atoms with Crippen LogP contribution in [-0.4, -0.2) is 19.0 Å². The molecule has 0 aromatic heterocycles. The number of ketones is 1. The molecule has 0 aliphatic heterocycles. The SMILES string of the molecule is CC=CCOCC(=O)c1ccc(Br)cc1. The van der Waals surface area contributed by atoms with Crippen LogP contribution in [0, 0.1) is 0 Å². The number of carbonyl (C=O) groups is 1. The molecule has 0 saturated heterocycles. The first-order valence-corrected chi connectivity index (χ1v) is 5.51. The van der Waals surface area contributed by atoms with Gasteiger partial charge in [-0.3, -0.25) is 4.79 Å². The monoisotopic (exact) mass is 268 g/mol. The van der Waals surface area contributed by atoms with E-state index in [2.05, 4.69) is 15.9 Å². The Morgan fingerprint density at radius 2 is 2.07 bits per heavy atom. The minimum Gasteiger partial charge on any atom is -0.369 e. The van der Waals surface area contributed by atoms with Crippen LogP contribution >= 0.6 is 15.9 Å². The molecule has 0 N–H and O–H groups in total. The van der Waals surface area contributed by atoms with Crippen molar-refractivity contribution in [1.82, 2.24) is 0 Å². The predicted octanol–water partition coefficient (Wildman–Crippen LogP) is 3.22. The predicted molar refractivity (Wildman–Crippen MR) is 64.1 cm³/mol. The molecule has 0 aliphatic rings. The summed E-state index contributed by atoms with van der Waals surface area (Å²) in [5, 5.41) is 0. The van der Waals surface area contributed by atoms with Crippen molar-refractivity contribution < 1.29 is 9.53 Å². The molecule has 0 fully saturated rings. The van der Waals surface area contributed by atoms with Crippen molar-refractivity contribution in [3.63, 3.8) is 0 Å². The summed E-state index contributed by atoms with van der Waals surface area (Å²) in [6.45, 7) is 2.53. The molecule has 0 spiro atoms. The molecule has 3 heteroatoms. The van der Waals surface area contributed by atoms with Gasteiger partial charge in [-0.2, -0.15) is 0 Å². The van der Waals surface area contributed by atoms with Gasteiger partial charge in [0.25, 0.3) is 0 Å². The summed E-state index contributed by atoms with van der Waals surface area (Å²) in [5.41, 5.74) is 0.679. The number of ether oxygens (including phenoxy) is 1. The molecular weight excluding hydrogens is 256 g/mol. The fourth-order valence-corrected chi connectivity index (χ4v) is 1.30. The number of carbonyl (C=O) groups excluding carboxylic acids is 1. The Bertz CT molecular complexity index is 341. The van der Waals surface area contributed by atoms with Gasteiger partial charge >= 0.3 is 0 Å². The molecule has 1 aromatic rings. The average molecular weight is 269 g/mol. The van der Waals surface area contributed by atoms with Crippen molar-refractivity contribution in [2.45, 2.75) is 6.92 Å². The van der Waals surface area contributed by atoms with Crippen LogP contribution in [0.5, 0.6) is 0 Å². The van der Waals surface area contributed by atoms with Gasteiger partial charge in [0.05, 0.1) is 6.61 Å². The molecule has 80 valence electrons. The van der Waals surface area contributed by atoms with Crippen LogP contribution in [0.25, 0.3) is 0 Å². The second kappa shape index (κ2) is 6.53. The Balaban J connectivity index is 2.43. The molecule has 0 aliphatic carbocycles. The van der Waals surface area contributed by atoms with Gasteiger partial charge in [-0.15, -0.1) is 0 Å². The highest BCUT2D eigenvalue weighted by atomic mass is 79.9. The van der Waals surface area contributed by atoms with E-state index in [4.69, 9.17) is 4.74 Å². The molecule has 1 rings (SSSR count). The highest BCUT2D eigenvalue weighted by molar-refractivity contribution is 9.10. The summed E-state index contributed by atoms with van der Waals surface area (Å²) in [6, 6.07) is 7.26. The van der Waals surface area contributed by atoms with Gasteiger partial charge in [-0.1, -0.05) is 40.2 Å². The Hall–Kier alpha value is -0.930. The summed E-state index contributed by atoms with van der Waals surface area (Å²) < 4.78 is 6.14. The lowest BCUT2D eigenvalue weighted by atomic mass is 10.1. The summed E-state index contributed by atoms with van der Waals surface area (Å²) in [4.78, 5) is 11.6. The summed E-state index contributed by atoms with van der Waals surface area (Å²) in [5.74, 6) is 0.00648. The molecule has 15 heavy (non-hydrogen) atoms. The molecule has 2 nitrogen and oxygen atoms in total. The number of halogens is 1. The standard InChI is InChI=1S/C12H13BrO2/c1-2-3-8-15-9-12(14)10-4-6-11(13)7-5-10/h2-7H,8-9H2,1H3. The lowest BCUT2D eigenvalue weighted by Gasteiger charge is -2.01.